The van der Waals surface area contributed by atoms with Crippen molar-refractivity contribution in [3.05, 3.63) is 23.8 Å². The third-order valence-electron chi connectivity index (χ3n) is 1.73. The molecule has 0 aliphatic heterocycles. The molecule has 0 aliphatic rings. The Hall–Kier alpha value is -0.600. The maximum atomic E-state index is 5.73. The highest BCUT2D eigenvalue weighted by molar-refractivity contribution is 5.85. The zero-order valence-electron chi connectivity index (χ0n) is 7.78. The van der Waals surface area contributed by atoms with E-state index < -0.39 is 0 Å². The van der Waals surface area contributed by atoms with Gasteiger partial charge in [0.15, 0.2) is 0 Å². The fourth-order valence-corrected chi connectivity index (χ4v) is 1.09. The summed E-state index contributed by atoms with van der Waals surface area (Å²) < 4.78 is 0. The van der Waals surface area contributed by atoms with Crippen LogP contribution in [0.4, 0.5) is 11.4 Å². The van der Waals surface area contributed by atoms with Crippen molar-refractivity contribution in [3.63, 3.8) is 0 Å². The first-order valence-electron chi connectivity index (χ1n) is 3.76. The molecule has 1 aromatic carbocycles. The Morgan fingerprint density at radius 1 is 1.08 bits per heavy atom. The second kappa shape index (κ2) is 5.95. The molecule has 0 aliphatic carbocycles. The maximum absolute atomic E-state index is 5.73. The Bertz CT molecular complexity index is 262. The lowest BCUT2D eigenvalue weighted by molar-refractivity contribution is 0.870. The molecule has 13 heavy (non-hydrogen) atoms. The highest BCUT2D eigenvalue weighted by Crippen LogP contribution is 2.23. The molecule has 0 atom stereocenters. The van der Waals surface area contributed by atoms with Gasteiger partial charge in [0.2, 0.25) is 0 Å². The van der Waals surface area contributed by atoms with Crippen molar-refractivity contribution in [2.24, 2.45) is 0 Å². The van der Waals surface area contributed by atoms with Crippen LogP contribution in [0.2, 0.25) is 0 Å². The molecule has 0 saturated carbocycles. The minimum absolute atomic E-state index is 0. The fraction of sp³-hybridized carbons (Fsp3) is 0.333. The van der Waals surface area contributed by atoms with Gasteiger partial charge in [0, 0.05) is 11.4 Å². The molecule has 2 nitrogen and oxygen atoms in total. The Morgan fingerprint density at radius 2 is 1.62 bits per heavy atom. The van der Waals surface area contributed by atoms with Gasteiger partial charge in [0.05, 0.1) is 0 Å². The molecule has 4 heteroatoms. The predicted molar refractivity (Wildman–Crippen MR) is 63.9 cm³/mol. The summed E-state index contributed by atoms with van der Waals surface area (Å²) in [6.45, 7) is 4.20. The van der Waals surface area contributed by atoms with E-state index in [4.69, 9.17) is 11.5 Å². The third kappa shape index (κ3) is 3.75. The Labute approximate surface area is 91.5 Å². The zero-order chi connectivity index (χ0) is 8.43. The molecule has 0 bridgehead atoms. The van der Waals surface area contributed by atoms with Gasteiger partial charge in [-0.3, -0.25) is 0 Å². The molecule has 1 aromatic rings. The zero-order valence-corrected chi connectivity index (χ0v) is 9.41. The van der Waals surface area contributed by atoms with E-state index in [-0.39, 0.29) is 24.8 Å². The van der Waals surface area contributed by atoms with E-state index in [1.165, 1.54) is 0 Å². The lowest BCUT2D eigenvalue weighted by Crippen LogP contribution is -1.97. The van der Waals surface area contributed by atoms with Crippen molar-refractivity contribution >= 4 is 36.2 Å². The van der Waals surface area contributed by atoms with Crippen LogP contribution < -0.4 is 11.5 Å². The first-order chi connectivity index (χ1) is 5.11. The summed E-state index contributed by atoms with van der Waals surface area (Å²) >= 11 is 0. The minimum Gasteiger partial charge on any atom is -0.399 e. The van der Waals surface area contributed by atoms with E-state index in [1.807, 2.05) is 18.2 Å². The Kier molecular flexibility index (Phi) is 6.82. The van der Waals surface area contributed by atoms with Crippen molar-refractivity contribution in [1.29, 1.82) is 0 Å². The first kappa shape index (κ1) is 14.9. The van der Waals surface area contributed by atoms with E-state index in [0.29, 0.717) is 5.92 Å². The molecule has 0 saturated heterocycles. The molecule has 4 N–H and O–H groups in total. The van der Waals surface area contributed by atoms with Gasteiger partial charge in [0.25, 0.3) is 0 Å². The van der Waals surface area contributed by atoms with Crippen LogP contribution in [0.1, 0.15) is 25.3 Å². The van der Waals surface area contributed by atoms with Crippen LogP contribution in [0.5, 0.6) is 0 Å². The molecular weight excluding hydrogens is 207 g/mol. The molecule has 0 amide bonds. The molecule has 1 rings (SSSR count). The molecule has 0 unspecified atom stereocenters. The minimum atomic E-state index is 0. The van der Waals surface area contributed by atoms with Gasteiger partial charge in [0.1, 0.15) is 0 Å². The first-order valence-corrected chi connectivity index (χ1v) is 3.76. The molecular formula is C9H16Cl2N2. The van der Waals surface area contributed by atoms with Gasteiger partial charge < -0.3 is 11.5 Å². The number of anilines is 2. The van der Waals surface area contributed by atoms with Crippen LogP contribution >= 0.6 is 24.8 Å². The van der Waals surface area contributed by atoms with E-state index in [0.717, 1.165) is 16.9 Å². The predicted octanol–water partition coefficient (Wildman–Crippen LogP) is 2.82. The number of nitrogen functional groups attached to an aromatic ring is 2. The van der Waals surface area contributed by atoms with Gasteiger partial charge in [-0.2, -0.15) is 0 Å². The second-order valence-corrected chi connectivity index (χ2v) is 3.04. The van der Waals surface area contributed by atoms with Crippen molar-refractivity contribution in [2.45, 2.75) is 19.8 Å². The lowest BCUT2D eigenvalue weighted by atomic mass is 10.0. The SMILES string of the molecule is CC(C)c1cc(N)ccc1N.Cl.Cl. The number of hydrogen-bond acceptors (Lipinski definition) is 2. The lowest BCUT2D eigenvalue weighted by Gasteiger charge is -2.09. The number of halogens is 2. The quantitative estimate of drug-likeness (QED) is 0.719. The highest BCUT2D eigenvalue weighted by Gasteiger charge is 2.02. The number of benzene rings is 1. The average molecular weight is 223 g/mol. The summed E-state index contributed by atoms with van der Waals surface area (Å²) in [5, 5.41) is 0. The molecule has 76 valence electrons. The maximum Gasteiger partial charge on any atom is 0.0350 e. The third-order valence-corrected chi connectivity index (χ3v) is 1.73. The molecule has 0 spiro atoms. The van der Waals surface area contributed by atoms with E-state index in [9.17, 15) is 0 Å². The summed E-state index contributed by atoms with van der Waals surface area (Å²) in [7, 11) is 0. The van der Waals surface area contributed by atoms with Crippen LogP contribution in [-0.4, -0.2) is 0 Å². The largest absolute Gasteiger partial charge is 0.399 e. The van der Waals surface area contributed by atoms with Crippen molar-refractivity contribution in [3.8, 4) is 0 Å². The number of hydrogen-bond donors (Lipinski definition) is 2. The summed E-state index contributed by atoms with van der Waals surface area (Å²) in [6, 6.07) is 5.60. The molecule has 0 radical (unpaired) electrons. The van der Waals surface area contributed by atoms with Crippen LogP contribution in [0, 0.1) is 0 Å². The van der Waals surface area contributed by atoms with Crippen molar-refractivity contribution in [1.82, 2.24) is 0 Å². The van der Waals surface area contributed by atoms with E-state index in [2.05, 4.69) is 13.8 Å². The molecule has 0 aromatic heterocycles. The van der Waals surface area contributed by atoms with Crippen LogP contribution in [0.25, 0.3) is 0 Å². The monoisotopic (exact) mass is 222 g/mol. The average Bonchev–Trinajstić information content (AvgIpc) is 1.94. The van der Waals surface area contributed by atoms with Gasteiger partial charge in [-0.15, -0.1) is 24.8 Å². The van der Waals surface area contributed by atoms with Crippen LogP contribution in [-0.2, 0) is 0 Å². The van der Waals surface area contributed by atoms with Crippen LogP contribution in [0.3, 0.4) is 0 Å². The second-order valence-electron chi connectivity index (χ2n) is 3.04. The van der Waals surface area contributed by atoms with Gasteiger partial charge in [-0.1, -0.05) is 13.8 Å². The normalized spacial score (nSPS) is 8.85. The highest BCUT2D eigenvalue weighted by atomic mass is 35.5. The summed E-state index contributed by atoms with van der Waals surface area (Å²) in [6.07, 6.45) is 0. The molecule has 0 fully saturated rings. The number of rotatable bonds is 1. The van der Waals surface area contributed by atoms with Gasteiger partial charge in [-0.05, 0) is 29.7 Å². The van der Waals surface area contributed by atoms with E-state index in [1.54, 1.807) is 0 Å². The van der Waals surface area contributed by atoms with Gasteiger partial charge >= 0.3 is 0 Å². The summed E-state index contributed by atoms with van der Waals surface area (Å²) in [4.78, 5) is 0. The smallest absolute Gasteiger partial charge is 0.0350 e. The van der Waals surface area contributed by atoms with Crippen molar-refractivity contribution in [2.75, 3.05) is 11.5 Å². The topological polar surface area (TPSA) is 52.0 Å². The Morgan fingerprint density at radius 3 is 2.00 bits per heavy atom. The fourth-order valence-electron chi connectivity index (χ4n) is 1.09. The Balaban J connectivity index is 0. The van der Waals surface area contributed by atoms with Gasteiger partial charge in [-0.25, -0.2) is 0 Å². The standard InChI is InChI=1S/C9H14N2.2ClH/c1-6(2)8-5-7(10)3-4-9(8)11;;/h3-6H,10-11H2,1-2H3;2*1H. The van der Waals surface area contributed by atoms with Crippen LogP contribution in [0.15, 0.2) is 18.2 Å². The van der Waals surface area contributed by atoms with E-state index >= 15 is 0 Å². The molecule has 0 heterocycles. The summed E-state index contributed by atoms with van der Waals surface area (Å²) in [5.74, 6) is 0.443. The van der Waals surface area contributed by atoms with Crippen molar-refractivity contribution < 1.29 is 0 Å². The summed E-state index contributed by atoms with van der Waals surface area (Å²) in [5.41, 5.74) is 14.1. The number of nitrogens with two attached hydrogens (primary N) is 2.